The predicted octanol–water partition coefficient (Wildman–Crippen LogP) is 23.7. The van der Waals surface area contributed by atoms with Crippen LogP contribution in [0.2, 0.25) is 0 Å². The van der Waals surface area contributed by atoms with Gasteiger partial charge in [-0.25, -0.2) is 4.98 Å². The molecule has 98 heavy (non-hydrogen) atoms. The number of hydrogen-bond acceptors (Lipinski definition) is 4. The second-order valence-electron chi connectivity index (χ2n) is 29.3. The minimum Gasteiger partial charge on any atom is -0.509 e. The maximum atomic E-state index is 7.53. The maximum Gasteiger partial charge on any atom is 0.135 e. The largest absolute Gasteiger partial charge is 0.509 e. The van der Waals surface area contributed by atoms with Crippen molar-refractivity contribution < 1.29 is 25.8 Å². The third-order valence-corrected chi connectivity index (χ3v) is 20.2. The molecule has 0 bridgehead atoms. The number of anilines is 4. The third-order valence-electron chi connectivity index (χ3n) is 20.2. The van der Waals surface area contributed by atoms with E-state index < -0.39 is 5.41 Å². The van der Waals surface area contributed by atoms with Crippen molar-refractivity contribution in [1.29, 1.82) is 0 Å². The van der Waals surface area contributed by atoms with Crippen LogP contribution in [-0.4, -0.2) is 14.1 Å². The Hall–Kier alpha value is -10.5. The summed E-state index contributed by atoms with van der Waals surface area (Å²) in [6.45, 7) is 23.1. The summed E-state index contributed by atoms with van der Waals surface area (Å²) in [7, 11) is 0. The van der Waals surface area contributed by atoms with Crippen LogP contribution in [0.3, 0.4) is 0 Å². The van der Waals surface area contributed by atoms with Crippen molar-refractivity contribution in [3.8, 4) is 56.4 Å². The first-order valence-electron chi connectivity index (χ1n) is 33.8. The van der Waals surface area contributed by atoms with E-state index in [4.69, 9.17) is 9.72 Å². The molecule has 4 heterocycles. The molecule has 2 aliphatic rings. The van der Waals surface area contributed by atoms with Gasteiger partial charge in [0.1, 0.15) is 5.82 Å². The number of rotatable bonds is 10. The molecule has 482 valence electrons. The normalized spacial score (nSPS) is 13.5. The van der Waals surface area contributed by atoms with Crippen LogP contribution in [0.1, 0.15) is 101 Å². The monoisotopic (exact) mass is 1450 g/mol. The van der Waals surface area contributed by atoms with Gasteiger partial charge in [0.25, 0.3) is 0 Å². The Bertz CT molecular complexity index is 5430. The number of fused-ring (bicyclic) bond motifs is 10. The molecule has 15 aromatic rings. The molecule has 0 N–H and O–H groups in total. The Labute approximate surface area is 589 Å². The van der Waals surface area contributed by atoms with Gasteiger partial charge in [-0.15, -0.1) is 53.6 Å². The topological polar surface area (TPSA) is 38.5 Å². The van der Waals surface area contributed by atoms with E-state index in [1.165, 1.54) is 55.3 Å². The van der Waals surface area contributed by atoms with Crippen molar-refractivity contribution in [2.45, 2.75) is 84.0 Å². The minimum absolute atomic E-state index is 0. The second-order valence-corrected chi connectivity index (χ2v) is 29.3. The molecule has 1 aliphatic carbocycles. The molecule has 0 atom stereocenters. The van der Waals surface area contributed by atoms with E-state index in [-0.39, 0.29) is 37.3 Å². The molecule has 0 saturated carbocycles. The van der Waals surface area contributed by atoms with E-state index in [1.54, 1.807) is 0 Å². The van der Waals surface area contributed by atoms with E-state index >= 15 is 0 Å². The number of ether oxygens (including phenoxy) is 1. The molecule has 0 fully saturated rings. The molecule has 7 heteroatoms. The summed E-state index contributed by atoms with van der Waals surface area (Å²) in [4.78, 5) is 9.80. The molecule has 0 unspecified atom stereocenters. The Kier molecular flexibility index (Phi) is 15.0. The molecule has 1 aliphatic heterocycles. The fourth-order valence-corrected chi connectivity index (χ4v) is 15.3. The number of hydrogen-bond donors (Lipinski definition) is 0. The van der Waals surface area contributed by atoms with Crippen LogP contribution in [0.4, 0.5) is 22.7 Å². The first kappa shape index (κ1) is 62.3. The molecular weight excluding hydrogens is 1370 g/mol. The quantitative estimate of drug-likeness (QED) is 0.128. The number of aromatic nitrogens is 3. The average Bonchev–Trinajstić information content (AvgIpc) is 1.50. The van der Waals surface area contributed by atoms with E-state index in [2.05, 4.69) is 373 Å². The zero-order valence-electron chi connectivity index (χ0n) is 56.6. The van der Waals surface area contributed by atoms with E-state index in [9.17, 15) is 0 Å². The van der Waals surface area contributed by atoms with E-state index in [1.807, 2.05) is 6.20 Å². The summed E-state index contributed by atoms with van der Waals surface area (Å²) < 4.78 is 12.2. The zero-order chi connectivity index (χ0) is 66.1. The molecule has 0 spiro atoms. The van der Waals surface area contributed by atoms with Gasteiger partial charge in [0, 0.05) is 94.3 Å². The van der Waals surface area contributed by atoms with E-state index in [0.29, 0.717) is 11.5 Å². The molecule has 6 nitrogen and oxygen atoms in total. The fourth-order valence-electron chi connectivity index (χ4n) is 15.3. The van der Waals surface area contributed by atoms with Gasteiger partial charge in [-0.3, -0.25) is 0 Å². The first-order valence-corrected chi connectivity index (χ1v) is 33.8. The van der Waals surface area contributed by atoms with Crippen molar-refractivity contribution in [2.24, 2.45) is 0 Å². The standard InChI is InChI=1S/C91H74N5O.Pt/c1-88(2,3)61-46-47-92-86(53-61)96-82-41-25-20-36-74(82)75-45-44-68(57-85(75)96)97-69-52-65(91(64-49-62(89(4,5)6)48-63(50-64)90(7,8)9)78-37-21-16-32-70(78)71-33-17-22-38-79(71)91)51-66(54-69)93-58-94(84-43-27-26-42-83(84)93)87-76(59-28-12-10-13-29-59)55-67(56-77(87)60-30-14-11-15-31-60)95-80-39-23-18-34-72(80)73-35-19-24-40-81(73)95;/h10-53,55-56,58H,1-9H3;/q-3;. The molecule has 0 amide bonds. The summed E-state index contributed by atoms with van der Waals surface area (Å²) >= 11 is 0. The molecule has 3 aromatic heterocycles. The Balaban J connectivity index is 0.00000751. The van der Waals surface area contributed by atoms with Crippen LogP contribution in [0, 0.1) is 18.8 Å². The molecule has 17 rings (SSSR count). The summed E-state index contributed by atoms with van der Waals surface area (Å²) in [6.07, 6.45) is 1.93. The van der Waals surface area contributed by atoms with Gasteiger partial charge in [0.05, 0.1) is 11.0 Å². The van der Waals surface area contributed by atoms with Gasteiger partial charge < -0.3 is 23.7 Å². The van der Waals surface area contributed by atoms with Crippen LogP contribution in [-0.2, 0) is 42.7 Å². The van der Waals surface area contributed by atoms with Crippen LogP contribution < -0.4 is 14.5 Å². The number of nitrogens with zero attached hydrogens (tertiary/aromatic N) is 5. The predicted molar refractivity (Wildman–Crippen MR) is 403 cm³/mol. The van der Waals surface area contributed by atoms with Gasteiger partial charge >= 0.3 is 0 Å². The molecule has 12 aromatic carbocycles. The number of para-hydroxylation sites is 5. The zero-order valence-corrected chi connectivity index (χ0v) is 58.9. The summed E-state index contributed by atoms with van der Waals surface area (Å²) in [5.41, 5.74) is 23.1. The Morgan fingerprint density at radius 1 is 0.388 bits per heavy atom. The Morgan fingerprint density at radius 2 is 0.867 bits per heavy atom. The summed E-state index contributed by atoms with van der Waals surface area (Å²) in [6, 6.07) is 108. The second kappa shape index (κ2) is 23.6. The SMILES string of the molecule is CC(C)(C)c1cc(C(C)(C)C)cc(C2(c3cc(Oc4[c-]c5c(cc4)c4ccccc4n5-c4cc(C(C)(C)C)ccn4)[c-]c(N4[CH-]N(c5c(-c6ccccc6)cc(-n6c7ccccc7c7ccccc76)cc5-c5ccccc5)c5ccccc54)c3)c3ccccc3-c3ccccc32)c1.[Pt]. The minimum atomic E-state index is -0.844. The average molecular weight is 1450 g/mol. The summed E-state index contributed by atoms with van der Waals surface area (Å²) in [5.74, 6) is 1.94. The van der Waals surface area contributed by atoms with Gasteiger partial charge in [0.15, 0.2) is 0 Å². The molecule has 0 saturated heterocycles. The van der Waals surface area contributed by atoms with Crippen molar-refractivity contribution in [1.82, 2.24) is 14.1 Å². The van der Waals surface area contributed by atoms with E-state index in [0.717, 1.165) is 94.9 Å². The Morgan fingerprint density at radius 3 is 1.43 bits per heavy atom. The smallest absolute Gasteiger partial charge is 0.135 e. The first-order chi connectivity index (χ1) is 47.0. The third kappa shape index (κ3) is 10.2. The van der Waals surface area contributed by atoms with Crippen LogP contribution in [0.15, 0.2) is 279 Å². The van der Waals surface area contributed by atoms with Gasteiger partial charge in [-0.05, 0) is 132 Å². The maximum absolute atomic E-state index is 7.53. The van der Waals surface area contributed by atoms with Crippen LogP contribution >= 0.6 is 0 Å². The number of pyridine rings is 1. The summed E-state index contributed by atoms with van der Waals surface area (Å²) in [5, 5.41) is 4.61. The van der Waals surface area contributed by atoms with Crippen molar-refractivity contribution in [3.05, 3.63) is 337 Å². The van der Waals surface area contributed by atoms with Gasteiger partial charge in [-0.1, -0.05) is 262 Å². The van der Waals surface area contributed by atoms with Gasteiger partial charge in [0.2, 0.25) is 0 Å². The fraction of sp³-hybridized carbons (Fsp3) is 0.143. The molecule has 0 radical (unpaired) electrons. The number of benzene rings is 12. The molecular formula is C91H74N5OPt-3. The van der Waals surface area contributed by atoms with Crippen molar-refractivity contribution >= 4 is 66.4 Å². The van der Waals surface area contributed by atoms with Crippen LogP contribution in [0.25, 0.3) is 88.5 Å². The van der Waals surface area contributed by atoms with Crippen molar-refractivity contribution in [2.75, 3.05) is 9.80 Å². The van der Waals surface area contributed by atoms with Crippen molar-refractivity contribution in [3.63, 3.8) is 0 Å². The van der Waals surface area contributed by atoms with Gasteiger partial charge in [-0.2, -0.15) is 6.07 Å². The van der Waals surface area contributed by atoms with Crippen LogP contribution in [0.5, 0.6) is 11.5 Å².